The van der Waals surface area contributed by atoms with Crippen LogP contribution in [0.25, 0.3) is 0 Å². The second kappa shape index (κ2) is 58.2. The van der Waals surface area contributed by atoms with Crippen molar-refractivity contribution in [2.75, 3.05) is 39.6 Å². The van der Waals surface area contributed by atoms with E-state index in [4.69, 9.17) is 37.0 Å². The molecule has 510 valence electrons. The molecule has 0 aliphatic carbocycles. The van der Waals surface area contributed by atoms with Gasteiger partial charge in [0.15, 0.2) is 12.2 Å². The molecule has 0 spiro atoms. The quantitative estimate of drug-likeness (QED) is 0.0222. The predicted octanol–water partition coefficient (Wildman–Crippen LogP) is 18.7. The number of carbonyl (C=O) groups is 4. The standard InChI is InChI=1S/C67H130O17P2/c1-8-9-10-11-12-19-26-34-41-48-64(69)77-55-63(84-67(72)51-44-37-30-29-33-40-47-60(6)7)57-82-86(75,76)80-53-61(68)52-79-85(73,74)81-56-62(83-66(71)50-43-36-28-23-18-14-16-21-25-32-39-46-59(4)5)54-78-65(70)49-42-35-27-22-17-13-15-20-24-31-38-45-58(2)3/h58-63,68H,8-57H2,1-7H3,(H,73,74)(H,75,76)/t61-,62-,63-/m1/s1. The molecule has 0 aliphatic heterocycles. The van der Waals surface area contributed by atoms with Gasteiger partial charge in [0.2, 0.25) is 0 Å². The maximum atomic E-state index is 13.0. The molecule has 0 rings (SSSR count). The molecule has 0 aromatic carbocycles. The number of ether oxygens (including phenoxy) is 4. The highest BCUT2D eigenvalue weighted by atomic mass is 31.2. The number of aliphatic hydroxyl groups is 1. The molecule has 0 aliphatic rings. The SMILES string of the molecule is CCCCCCCCCCCC(=O)OC[C@H](COP(=O)(O)OC[C@H](O)COP(=O)(O)OC[C@@H](COC(=O)CCCCCCCCCCCCCC(C)C)OC(=O)CCCCCCCCCCCCCC(C)C)OC(=O)CCCCCCCCC(C)C. The molecule has 86 heavy (non-hydrogen) atoms. The molecule has 0 saturated heterocycles. The molecule has 0 saturated carbocycles. The third kappa shape index (κ3) is 60.9. The summed E-state index contributed by atoms with van der Waals surface area (Å²) >= 11 is 0. The normalized spacial score (nSPS) is 14.3. The van der Waals surface area contributed by atoms with E-state index in [0.29, 0.717) is 31.6 Å². The Bertz CT molecular complexity index is 1700. The zero-order chi connectivity index (χ0) is 63.8. The van der Waals surface area contributed by atoms with Gasteiger partial charge in [0, 0.05) is 25.7 Å². The molecule has 5 atom stereocenters. The van der Waals surface area contributed by atoms with E-state index in [1.165, 1.54) is 141 Å². The Hall–Kier alpha value is -1.94. The van der Waals surface area contributed by atoms with Crippen LogP contribution in [0, 0.1) is 17.8 Å². The summed E-state index contributed by atoms with van der Waals surface area (Å²) in [4.78, 5) is 72.3. The largest absolute Gasteiger partial charge is 0.472 e. The Labute approximate surface area is 524 Å². The van der Waals surface area contributed by atoms with Crippen molar-refractivity contribution in [1.29, 1.82) is 0 Å². The van der Waals surface area contributed by atoms with E-state index in [2.05, 4.69) is 48.5 Å². The van der Waals surface area contributed by atoms with Crippen molar-refractivity contribution in [3.63, 3.8) is 0 Å². The van der Waals surface area contributed by atoms with Gasteiger partial charge in [-0.2, -0.15) is 0 Å². The van der Waals surface area contributed by atoms with Gasteiger partial charge in [-0.25, -0.2) is 9.13 Å². The first-order valence-electron chi connectivity index (χ1n) is 34.8. The molecule has 0 radical (unpaired) electrons. The zero-order valence-electron chi connectivity index (χ0n) is 55.8. The molecular formula is C67H130O17P2. The van der Waals surface area contributed by atoms with Crippen LogP contribution in [-0.4, -0.2) is 96.7 Å². The minimum atomic E-state index is -4.95. The molecular weight excluding hydrogens is 1140 g/mol. The summed E-state index contributed by atoms with van der Waals surface area (Å²) < 4.78 is 68.1. The number of phosphoric ester groups is 2. The van der Waals surface area contributed by atoms with Crippen LogP contribution in [0.4, 0.5) is 0 Å². The van der Waals surface area contributed by atoms with E-state index in [-0.39, 0.29) is 25.7 Å². The predicted molar refractivity (Wildman–Crippen MR) is 344 cm³/mol. The first kappa shape index (κ1) is 84.1. The monoisotopic (exact) mass is 1270 g/mol. The van der Waals surface area contributed by atoms with Gasteiger partial charge in [0.25, 0.3) is 0 Å². The fourth-order valence-electron chi connectivity index (χ4n) is 10.0. The molecule has 3 N–H and O–H groups in total. The van der Waals surface area contributed by atoms with Crippen molar-refractivity contribution < 1.29 is 80.2 Å². The van der Waals surface area contributed by atoms with E-state index in [9.17, 15) is 43.2 Å². The number of unbranched alkanes of at least 4 members (excludes halogenated alkanes) is 33. The highest BCUT2D eigenvalue weighted by Crippen LogP contribution is 2.45. The minimum Gasteiger partial charge on any atom is -0.462 e. The van der Waals surface area contributed by atoms with Crippen molar-refractivity contribution in [2.45, 2.75) is 349 Å². The maximum Gasteiger partial charge on any atom is 0.472 e. The van der Waals surface area contributed by atoms with Crippen LogP contribution in [0.1, 0.15) is 331 Å². The number of aliphatic hydroxyl groups excluding tert-OH is 1. The second-order valence-electron chi connectivity index (χ2n) is 25.6. The summed E-state index contributed by atoms with van der Waals surface area (Å²) in [5, 5.41) is 10.6. The lowest BCUT2D eigenvalue weighted by Crippen LogP contribution is -2.30. The minimum absolute atomic E-state index is 0.102. The lowest BCUT2D eigenvalue weighted by atomic mass is 10.0. The lowest BCUT2D eigenvalue weighted by Gasteiger charge is -2.21. The van der Waals surface area contributed by atoms with E-state index in [1.54, 1.807) is 0 Å². The third-order valence-electron chi connectivity index (χ3n) is 15.4. The van der Waals surface area contributed by atoms with Gasteiger partial charge in [-0.15, -0.1) is 0 Å². The number of rotatable bonds is 65. The van der Waals surface area contributed by atoms with Gasteiger partial charge in [-0.05, 0) is 43.4 Å². The van der Waals surface area contributed by atoms with E-state index >= 15 is 0 Å². The molecule has 0 amide bonds. The number of esters is 4. The Morgan fingerprint density at radius 2 is 0.535 bits per heavy atom. The van der Waals surface area contributed by atoms with Gasteiger partial charge < -0.3 is 33.8 Å². The highest BCUT2D eigenvalue weighted by Gasteiger charge is 2.30. The Balaban J connectivity index is 5.23. The summed E-state index contributed by atoms with van der Waals surface area (Å²) in [5.41, 5.74) is 0. The van der Waals surface area contributed by atoms with Crippen molar-refractivity contribution in [1.82, 2.24) is 0 Å². The summed E-state index contributed by atoms with van der Waals surface area (Å²) in [6, 6.07) is 0. The first-order valence-corrected chi connectivity index (χ1v) is 37.8. The average Bonchev–Trinajstić information content (AvgIpc) is 3.60. The number of carbonyl (C=O) groups excluding carboxylic acids is 4. The second-order valence-corrected chi connectivity index (χ2v) is 28.5. The van der Waals surface area contributed by atoms with Crippen molar-refractivity contribution in [3.8, 4) is 0 Å². The molecule has 0 fully saturated rings. The third-order valence-corrected chi connectivity index (χ3v) is 17.3. The number of hydrogen-bond donors (Lipinski definition) is 3. The van der Waals surface area contributed by atoms with Crippen molar-refractivity contribution in [2.24, 2.45) is 17.8 Å². The van der Waals surface area contributed by atoms with Crippen LogP contribution in [0.2, 0.25) is 0 Å². The summed E-state index contributed by atoms with van der Waals surface area (Å²) in [7, 11) is -9.89. The van der Waals surface area contributed by atoms with Crippen molar-refractivity contribution >= 4 is 39.5 Å². The molecule has 0 aromatic heterocycles. The van der Waals surface area contributed by atoms with Gasteiger partial charge in [-0.3, -0.25) is 37.3 Å². The van der Waals surface area contributed by atoms with Crippen LogP contribution >= 0.6 is 15.6 Å². The molecule has 0 bridgehead atoms. The fraction of sp³-hybridized carbons (Fsp3) is 0.940. The average molecular weight is 1270 g/mol. The smallest absolute Gasteiger partial charge is 0.462 e. The van der Waals surface area contributed by atoms with Crippen LogP contribution < -0.4 is 0 Å². The maximum absolute atomic E-state index is 13.0. The number of phosphoric acid groups is 2. The zero-order valence-corrected chi connectivity index (χ0v) is 57.6. The fourth-order valence-corrected chi connectivity index (χ4v) is 11.6. The molecule has 17 nitrogen and oxygen atoms in total. The molecule has 2 unspecified atom stereocenters. The number of hydrogen-bond acceptors (Lipinski definition) is 15. The van der Waals surface area contributed by atoms with Crippen LogP contribution in [0.5, 0.6) is 0 Å². The summed E-state index contributed by atoms with van der Waals surface area (Å²) in [5.74, 6) is 0.0704. The lowest BCUT2D eigenvalue weighted by molar-refractivity contribution is -0.161. The first-order chi connectivity index (χ1) is 41.2. The van der Waals surface area contributed by atoms with Crippen LogP contribution in [-0.2, 0) is 65.4 Å². The van der Waals surface area contributed by atoms with E-state index < -0.39 is 97.5 Å². The van der Waals surface area contributed by atoms with Gasteiger partial charge in [-0.1, -0.05) is 280 Å². The molecule has 0 heterocycles. The van der Waals surface area contributed by atoms with E-state index in [0.717, 1.165) is 102 Å². The van der Waals surface area contributed by atoms with Crippen LogP contribution in [0.3, 0.4) is 0 Å². The summed E-state index contributed by atoms with van der Waals surface area (Å²) in [6.45, 7) is 11.7. The topological polar surface area (TPSA) is 237 Å². The van der Waals surface area contributed by atoms with Crippen molar-refractivity contribution in [3.05, 3.63) is 0 Å². The molecule has 19 heteroatoms. The van der Waals surface area contributed by atoms with Gasteiger partial charge in [0.1, 0.15) is 19.3 Å². The Morgan fingerprint density at radius 3 is 0.791 bits per heavy atom. The molecule has 0 aromatic rings. The van der Waals surface area contributed by atoms with Gasteiger partial charge in [0.05, 0.1) is 26.4 Å². The van der Waals surface area contributed by atoms with Gasteiger partial charge >= 0.3 is 39.5 Å². The van der Waals surface area contributed by atoms with Crippen LogP contribution in [0.15, 0.2) is 0 Å². The Morgan fingerprint density at radius 1 is 0.314 bits per heavy atom. The van der Waals surface area contributed by atoms with E-state index in [1.807, 2.05) is 0 Å². The summed E-state index contributed by atoms with van der Waals surface area (Å²) in [6.07, 6.45) is 40.4. The highest BCUT2D eigenvalue weighted by molar-refractivity contribution is 7.47. The Kier molecular flexibility index (Phi) is 56.9.